The molecule has 0 heterocycles. The number of ether oxygens (including phenoxy) is 2. The van der Waals surface area contributed by atoms with E-state index in [4.69, 9.17) is 32.7 Å². The second-order valence-electron chi connectivity index (χ2n) is 12.0. The number of nitrogens with zero attached hydrogens (tertiary/aromatic N) is 2. The number of methoxy groups -OCH3 is 2. The molecule has 0 bridgehead atoms. The SMILES string of the molecule is CCCCNC(=O)[C@@H](Cc1ccccc1)N(Cc1ccc(Cl)c(Cl)c1)C(=O)CN(c1cc(C)cc(C)c1)S(=O)(=O)c1ccc(OC)c(OC)c1. The number of unbranched alkanes of at least 4 members (excludes halogenated alkanes) is 1. The van der Waals surface area contributed by atoms with E-state index in [0.29, 0.717) is 28.6 Å². The number of carbonyl (C=O) groups is 2. The number of amides is 2. The minimum absolute atomic E-state index is 0.0362. The highest BCUT2D eigenvalue weighted by molar-refractivity contribution is 7.92. The van der Waals surface area contributed by atoms with Crippen LogP contribution in [0.3, 0.4) is 0 Å². The van der Waals surface area contributed by atoms with Crippen LogP contribution in [0.4, 0.5) is 5.69 Å². The lowest BCUT2D eigenvalue weighted by Crippen LogP contribution is -2.53. The largest absolute Gasteiger partial charge is 0.493 e. The number of benzene rings is 4. The molecular weight excluding hydrogens is 697 g/mol. The summed E-state index contributed by atoms with van der Waals surface area (Å²) < 4.78 is 40.9. The quantitative estimate of drug-likeness (QED) is 0.120. The van der Waals surface area contributed by atoms with E-state index in [-0.39, 0.29) is 34.5 Å². The summed E-state index contributed by atoms with van der Waals surface area (Å²) in [5.41, 5.74) is 3.37. The summed E-state index contributed by atoms with van der Waals surface area (Å²) in [6.45, 7) is 5.52. The van der Waals surface area contributed by atoms with Gasteiger partial charge >= 0.3 is 0 Å². The van der Waals surface area contributed by atoms with E-state index >= 15 is 0 Å². The second kappa shape index (κ2) is 17.6. The van der Waals surface area contributed by atoms with Crippen molar-refractivity contribution in [1.29, 1.82) is 0 Å². The maximum Gasteiger partial charge on any atom is 0.264 e. The molecule has 9 nitrogen and oxygen atoms in total. The number of aryl methyl sites for hydroxylation is 2. The fourth-order valence-corrected chi connectivity index (χ4v) is 7.36. The van der Waals surface area contributed by atoms with Gasteiger partial charge in [0, 0.05) is 25.6 Å². The summed E-state index contributed by atoms with van der Waals surface area (Å²) in [6.07, 6.45) is 1.82. The van der Waals surface area contributed by atoms with Gasteiger partial charge in [-0.3, -0.25) is 13.9 Å². The molecule has 0 aromatic heterocycles. The van der Waals surface area contributed by atoms with Gasteiger partial charge in [-0.05, 0) is 78.9 Å². The van der Waals surface area contributed by atoms with Gasteiger partial charge in [-0.25, -0.2) is 8.42 Å². The first kappa shape index (κ1) is 38.6. The molecule has 1 N–H and O–H groups in total. The zero-order valence-corrected chi connectivity index (χ0v) is 31.2. The first-order valence-electron chi connectivity index (χ1n) is 16.3. The standard InChI is InChI=1S/C38H43Cl2N3O6S/c1-6-7-17-41-38(45)34(22-28-11-9-8-10-12-28)42(24-29-13-15-32(39)33(40)21-29)37(44)25-43(30-19-26(2)18-27(3)20-30)50(46,47)31-14-16-35(48-4)36(23-31)49-5/h8-16,18-21,23,34H,6-7,17,22,24-25H2,1-5H3,(H,41,45)/t34-/m1/s1. The van der Waals surface area contributed by atoms with Crippen LogP contribution in [0.15, 0.2) is 89.8 Å². The van der Waals surface area contributed by atoms with Gasteiger partial charge in [0.15, 0.2) is 11.5 Å². The summed E-state index contributed by atoms with van der Waals surface area (Å²) in [5, 5.41) is 3.62. The minimum atomic E-state index is -4.37. The maximum atomic E-state index is 14.8. The number of nitrogens with one attached hydrogen (secondary N) is 1. The number of halogens is 2. The average molecular weight is 741 g/mol. The topological polar surface area (TPSA) is 105 Å². The molecule has 4 aromatic carbocycles. The molecule has 0 fully saturated rings. The van der Waals surface area contributed by atoms with Crippen molar-refractivity contribution in [2.45, 2.75) is 57.5 Å². The minimum Gasteiger partial charge on any atom is -0.493 e. The Morgan fingerprint density at radius 1 is 0.820 bits per heavy atom. The average Bonchev–Trinajstić information content (AvgIpc) is 3.09. The molecule has 0 aliphatic carbocycles. The Kier molecular flexibility index (Phi) is 13.6. The van der Waals surface area contributed by atoms with Crippen LogP contribution in [0.2, 0.25) is 10.0 Å². The zero-order chi connectivity index (χ0) is 36.4. The Labute approximate surface area is 305 Å². The van der Waals surface area contributed by atoms with Gasteiger partial charge in [-0.2, -0.15) is 0 Å². The lowest BCUT2D eigenvalue weighted by atomic mass is 10.0. The van der Waals surface area contributed by atoms with E-state index in [2.05, 4.69) is 5.32 Å². The van der Waals surface area contributed by atoms with Crippen molar-refractivity contribution < 1.29 is 27.5 Å². The Bertz CT molecular complexity index is 1890. The third-order valence-corrected chi connectivity index (χ3v) is 10.7. The Morgan fingerprint density at radius 2 is 1.50 bits per heavy atom. The molecule has 4 rings (SSSR count). The number of hydrogen-bond donors (Lipinski definition) is 1. The summed E-state index contributed by atoms with van der Waals surface area (Å²) in [4.78, 5) is 30.0. The zero-order valence-electron chi connectivity index (χ0n) is 28.9. The molecule has 0 radical (unpaired) electrons. The highest BCUT2D eigenvalue weighted by Crippen LogP contribution is 2.33. The van der Waals surface area contributed by atoms with Crippen LogP contribution in [0, 0.1) is 13.8 Å². The summed E-state index contributed by atoms with van der Waals surface area (Å²) in [7, 11) is -1.50. The van der Waals surface area contributed by atoms with E-state index in [1.807, 2.05) is 57.2 Å². The van der Waals surface area contributed by atoms with Gasteiger partial charge in [0.2, 0.25) is 11.8 Å². The molecule has 0 saturated heterocycles. The van der Waals surface area contributed by atoms with Crippen LogP contribution < -0.4 is 19.1 Å². The highest BCUT2D eigenvalue weighted by Gasteiger charge is 2.35. The molecule has 50 heavy (non-hydrogen) atoms. The van der Waals surface area contributed by atoms with Crippen LogP contribution >= 0.6 is 23.2 Å². The molecule has 2 amide bonds. The predicted molar refractivity (Wildman–Crippen MR) is 199 cm³/mol. The van der Waals surface area contributed by atoms with Crippen molar-refractivity contribution in [2.24, 2.45) is 0 Å². The van der Waals surface area contributed by atoms with E-state index in [1.54, 1.807) is 30.3 Å². The van der Waals surface area contributed by atoms with Crippen LogP contribution in [0.5, 0.6) is 11.5 Å². The van der Waals surface area contributed by atoms with Crippen molar-refractivity contribution in [2.75, 3.05) is 31.6 Å². The van der Waals surface area contributed by atoms with Crippen molar-refractivity contribution in [3.05, 3.63) is 117 Å². The van der Waals surface area contributed by atoms with E-state index in [9.17, 15) is 18.0 Å². The van der Waals surface area contributed by atoms with Gasteiger partial charge in [0.1, 0.15) is 12.6 Å². The van der Waals surface area contributed by atoms with Crippen LogP contribution in [-0.2, 0) is 32.6 Å². The number of sulfonamides is 1. The van der Waals surface area contributed by atoms with Crippen molar-refractivity contribution in [3.8, 4) is 11.5 Å². The number of anilines is 1. The van der Waals surface area contributed by atoms with Gasteiger partial charge < -0.3 is 19.7 Å². The monoisotopic (exact) mass is 739 g/mol. The number of carbonyl (C=O) groups excluding carboxylic acids is 2. The molecule has 0 aliphatic heterocycles. The molecular formula is C38H43Cl2N3O6S. The van der Waals surface area contributed by atoms with E-state index < -0.39 is 28.5 Å². The molecule has 0 spiro atoms. The van der Waals surface area contributed by atoms with Gasteiger partial charge in [-0.15, -0.1) is 0 Å². The van der Waals surface area contributed by atoms with Crippen LogP contribution in [-0.4, -0.2) is 58.5 Å². The first-order chi connectivity index (χ1) is 23.9. The smallest absolute Gasteiger partial charge is 0.264 e. The Hall–Kier alpha value is -4.25. The number of hydrogen-bond acceptors (Lipinski definition) is 6. The summed E-state index contributed by atoms with van der Waals surface area (Å²) in [5.74, 6) is -0.374. The van der Waals surface area contributed by atoms with Crippen molar-refractivity contribution in [3.63, 3.8) is 0 Å². The molecule has 0 unspecified atom stereocenters. The normalized spacial score (nSPS) is 11.8. The van der Waals surface area contributed by atoms with Crippen LogP contribution in [0.25, 0.3) is 0 Å². The predicted octanol–water partition coefficient (Wildman–Crippen LogP) is 7.38. The lowest BCUT2D eigenvalue weighted by molar-refractivity contribution is -0.140. The third kappa shape index (κ3) is 9.71. The Balaban J connectivity index is 1.85. The highest BCUT2D eigenvalue weighted by atomic mass is 35.5. The molecule has 266 valence electrons. The Morgan fingerprint density at radius 3 is 2.12 bits per heavy atom. The fourth-order valence-electron chi connectivity index (χ4n) is 5.62. The van der Waals surface area contributed by atoms with Crippen molar-refractivity contribution in [1.82, 2.24) is 10.2 Å². The van der Waals surface area contributed by atoms with E-state index in [0.717, 1.165) is 33.8 Å². The molecule has 0 saturated carbocycles. The second-order valence-corrected chi connectivity index (χ2v) is 14.7. The third-order valence-electron chi connectivity index (χ3n) is 8.15. The molecule has 1 atom stereocenters. The van der Waals surface area contributed by atoms with Crippen LogP contribution in [0.1, 0.15) is 42.0 Å². The molecule has 0 aliphatic rings. The van der Waals surface area contributed by atoms with Crippen molar-refractivity contribution >= 4 is 50.7 Å². The molecule has 4 aromatic rings. The van der Waals surface area contributed by atoms with Gasteiger partial charge in [-0.1, -0.05) is 79.0 Å². The number of rotatable bonds is 16. The fraction of sp³-hybridized carbons (Fsp3) is 0.316. The summed E-state index contributed by atoms with van der Waals surface area (Å²) in [6, 6.07) is 23.0. The van der Waals surface area contributed by atoms with E-state index in [1.165, 1.54) is 37.3 Å². The molecule has 12 heteroatoms. The van der Waals surface area contributed by atoms with Gasteiger partial charge in [0.25, 0.3) is 10.0 Å². The maximum absolute atomic E-state index is 14.8. The first-order valence-corrected chi connectivity index (χ1v) is 18.5. The summed E-state index contributed by atoms with van der Waals surface area (Å²) >= 11 is 12.6. The lowest BCUT2D eigenvalue weighted by Gasteiger charge is -2.34. The van der Waals surface area contributed by atoms with Gasteiger partial charge in [0.05, 0.1) is 34.8 Å².